The van der Waals surface area contributed by atoms with E-state index in [9.17, 15) is 9.59 Å². The van der Waals surface area contributed by atoms with Gasteiger partial charge in [0.2, 0.25) is 0 Å². The molecule has 6 heteroatoms. The minimum atomic E-state index is -0.606. The van der Waals surface area contributed by atoms with E-state index in [2.05, 4.69) is 6.58 Å². The first-order valence-electron chi connectivity index (χ1n) is 6.34. The topological polar surface area (TPSA) is 71.1 Å². The monoisotopic (exact) mass is 284 g/mol. The maximum absolute atomic E-state index is 11.0. The Morgan fingerprint density at radius 3 is 2.60 bits per heavy atom. The fourth-order valence-corrected chi connectivity index (χ4v) is 1.60. The lowest BCUT2D eigenvalue weighted by Gasteiger charge is -2.32. The number of carbonyl (C=O) groups is 2. The summed E-state index contributed by atoms with van der Waals surface area (Å²) in [5.74, 6) is -0.864. The van der Waals surface area contributed by atoms with Crippen molar-refractivity contribution in [3.63, 3.8) is 0 Å². The summed E-state index contributed by atoms with van der Waals surface area (Å²) < 4.78 is 21.1. The van der Waals surface area contributed by atoms with Crippen molar-refractivity contribution >= 4 is 11.9 Å². The fourth-order valence-electron chi connectivity index (χ4n) is 1.60. The van der Waals surface area contributed by atoms with Gasteiger partial charge in [-0.25, -0.2) is 0 Å². The van der Waals surface area contributed by atoms with E-state index in [0.717, 1.165) is 0 Å². The Balaban J connectivity index is 2.68. The maximum Gasteiger partial charge on any atom is 0.303 e. The molecular weight excluding hydrogens is 264 g/mol. The summed E-state index contributed by atoms with van der Waals surface area (Å²) in [6.45, 7) is 8.03. The number of hydrogen-bond donors (Lipinski definition) is 0. The van der Waals surface area contributed by atoms with Gasteiger partial charge in [-0.1, -0.05) is 6.08 Å². The van der Waals surface area contributed by atoms with E-state index in [0.29, 0.717) is 0 Å². The third kappa shape index (κ3) is 5.54. The predicted octanol–water partition coefficient (Wildman–Crippen LogP) is 1.35. The van der Waals surface area contributed by atoms with Crippen LogP contribution >= 0.6 is 0 Å². The molecule has 0 amide bonds. The average Bonchev–Trinajstić information content (AvgIpc) is 2.37. The van der Waals surface area contributed by atoms with E-state index in [1.165, 1.54) is 13.8 Å². The van der Waals surface area contributed by atoms with E-state index >= 15 is 0 Å². The van der Waals surface area contributed by atoms with Crippen LogP contribution in [0, 0.1) is 0 Å². The van der Waals surface area contributed by atoms with Crippen LogP contribution in [0.15, 0.2) is 24.8 Å². The van der Waals surface area contributed by atoms with Gasteiger partial charge in [0.25, 0.3) is 0 Å². The van der Waals surface area contributed by atoms with E-state index in [4.69, 9.17) is 18.9 Å². The largest absolute Gasteiger partial charge is 0.463 e. The predicted molar refractivity (Wildman–Crippen MR) is 70.7 cm³/mol. The van der Waals surface area contributed by atoms with Crippen LogP contribution in [0.4, 0.5) is 0 Å². The zero-order valence-electron chi connectivity index (χ0n) is 11.9. The highest BCUT2D eigenvalue weighted by Gasteiger charge is 2.31. The standard InChI is InChI=1S/C14H20O6/c1-5-9(2)18-14-7-6-12(19-11(4)16)13(20-14)8-17-10(3)15/h5-7,9,12-14H,1,8H2,2-4H3/t9-,12-,13+,14-/m0/s1. The fraction of sp³-hybridized carbons (Fsp3) is 0.571. The highest BCUT2D eigenvalue weighted by atomic mass is 16.7. The summed E-state index contributed by atoms with van der Waals surface area (Å²) in [4.78, 5) is 21.9. The number of hydrogen-bond acceptors (Lipinski definition) is 6. The molecule has 1 aliphatic heterocycles. The van der Waals surface area contributed by atoms with Crippen LogP contribution in [0.25, 0.3) is 0 Å². The molecule has 1 heterocycles. The van der Waals surface area contributed by atoms with Crippen molar-refractivity contribution in [1.82, 2.24) is 0 Å². The van der Waals surface area contributed by atoms with Gasteiger partial charge in [-0.05, 0) is 19.1 Å². The summed E-state index contributed by atoms with van der Waals surface area (Å²) in [6.07, 6.45) is 2.95. The third-order valence-corrected chi connectivity index (χ3v) is 2.57. The molecule has 0 aromatic rings. The lowest BCUT2D eigenvalue weighted by Crippen LogP contribution is -2.42. The van der Waals surface area contributed by atoms with Crippen molar-refractivity contribution in [3.05, 3.63) is 24.8 Å². The maximum atomic E-state index is 11.0. The van der Waals surface area contributed by atoms with Gasteiger partial charge in [0, 0.05) is 13.8 Å². The van der Waals surface area contributed by atoms with Crippen LogP contribution in [0.1, 0.15) is 20.8 Å². The van der Waals surface area contributed by atoms with Crippen LogP contribution in [0.3, 0.4) is 0 Å². The van der Waals surface area contributed by atoms with Gasteiger partial charge >= 0.3 is 11.9 Å². The third-order valence-electron chi connectivity index (χ3n) is 2.57. The van der Waals surface area contributed by atoms with Crippen LogP contribution in [-0.2, 0) is 28.5 Å². The van der Waals surface area contributed by atoms with E-state index in [-0.39, 0.29) is 12.7 Å². The number of ether oxygens (including phenoxy) is 4. The molecular formula is C14H20O6. The Labute approximate surface area is 118 Å². The van der Waals surface area contributed by atoms with E-state index in [1.54, 1.807) is 18.2 Å². The molecule has 0 saturated carbocycles. The van der Waals surface area contributed by atoms with Gasteiger partial charge in [-0.2, -0.15) is 0 Å². The second kappa shape index (κ2) is 7.81. The second-order valence-corrected chi connectivity index (χ2v) is 4.38. The summed E-state index contributed by atoms with van der Waals surface area (Å²) in [6, 6.07) is 0. The first-order chi connectivity index (χ1) is 9.42. The van der Waals surface area contributed by atoms with Gasteiger partial charge in [-0.15, -0.1) is 6.58 Å². The molecule has 0 aromatic carbocycles. The number of carbonyl (C=O) groups excluding carboxylic acids is 2. The molecule has 0 bridgehead atoms. The summed E-state index contributed by atoms with van der Waals surface area (Å²) >= 11 is 0. The first kappa shape index (κ1) is 16.4. The Kier molecular flexibility index (Phi) is 6.41. The van der Waals surface area contributed by atoms with Crippen molar-refractivity contribution in [2.24, 2.45) is 0 Å². The number of esters is 2. The van der Waals surface area contributed by atoms with Crippen LogP contribution in [0.2, 0.25) is 0 Å². The van der Waals surface area contributed by atoms with E-state index in [1.807, 2.05) is 6.92 Å². The smallest absolute Gasteiger partial charge is 0.303 e. The Morgan fingerprint density at radius 2 is 2.05 bits per heavy atom. The zero-order valence-corrected chi connectivity index (χ0v) is 11.9. The molecule has 0 radical (unpaired) electrons. The molecule has 0 fully saturated rings. The van der Waals surface area contributed by atoms with Crippen molar-refractivity contribution in [3.8, 4) is 0 Å². The van der Waals surface area contributed by atoms with Gasteiger partial charge in [0.1, 0.15) is 18.8 Å². The highest BCUT2D eigenvalue weighted by molar-refractivity contribution is 5.66. The normalized spacial score (nSPS) is 26.6. The average molecular weight is 284 g/mol. The Bertz CT molecular complexity index is 389. The molecule has 4 atom stereocenters. The van der Waals surface area contributed by atoms with Crippen LogP contribution in [-0.4, -0.2) is 43.1 Å². The minimum absolute atomic E-state index is 0.0139. The van der Waals surface area contributed by atoms with Gasteiger partial charge < -0.3 is 18.9 Å². The molecule has 20 heavy (non-hydrogen) atoms. The molecule has 0 N–H and O–H groups in total. The molecule has 0 saturated heterocycles. The molecule has 112 valence electrons. The molecule has 0 spiro atoms. The first-order valence-corrected chi connectivity index (χ1v) is 6.34. The minimum Gasteiger partial charge on any atom is -0.463 e. The van der Waals surface area contributed by atoms with Crippen molar-refractivity contribution in [2.75, 3.05) is 6.61 Å². The van der Waals surface area contributed by atoms with E-state index < -0.39 is 30.4 Å². The van der Waals surface area contributed by atoms with Gasteiger partial charge in [0.05, 0.1) is 6.10 Å². The van der Waals surface area contributed by atoms with Crippen LogP contribution < -0.4 is 0 Å². The molecule has 0 aliphatic carbocycles. The second-order valence-electron chi connectivity index (χ2n) is 4.38. The highest BCUT2D eigenvalue weighted by Crippen LogP contribution is 2.19. The van der Waals surface area contributed by atoms with Crippen LogP contribution in [0.5, 0.6) is 0 Å². The lowest BCUT2D eigenvalue weighted by atomic mass is 10.1. The molecule has 1 rings (SSSR count). The van der Waals surface area contributed by atoms with Crippen molar-refractivity contribution < 1.29 is 28.5 Å². The van der Waals surface area contributed by atoms with Crippen molar-refractivity contribution in [1.29, 1.82) is 0 Å². The molecule has 0 unspecified atom stereocenters. The summed E-state index contributed by atoms with van der Waals surface area (Å²) in [5.41, 5.74) is 0. The zero-order chi connectivity index (χ0) is 15.1. The van der Waals surface area contributed by atoms with Crippen molar-refractivity contribution in [2.45, 2.75) is 45.4 Å². The number of rotatable bonds is 6. The Morgan fingerprint density at radius 1 is 1.35 bits per heavy atom. The quantitative estimate of drug-likeness (QED) is 0.541. The van der Waals surface area contributed by atoms with Gasteiger partial charge in [-0.3, -0.25) is 9.59 Å². The Hall–Kier alpha value is -1.66. The summed E-state index contributed by atoms with van der Waals surface area (Å²) in [5, 5.41) is 0. The molecule has 0 aromatic heterocycles. The molecule has 6 nitrogen and oxygen atoms in total. The molecule has 1 aliphatic rings. The SMILES string of the molecule is C=C[C@H](C)O[C@@H]1C=C[C@H](OC(C)=O)[C@@H](COC(C)=O)O1. The summed E-state index contributed by atoms with van der Waals surface area (Å²) in [7, 11) is 0. The lowest BCUT2D eigenvalue weighted by molar-refractivity contribution is -0.202. The van der Waals surface area contributed by atoms with Gasteiger partial charge in [0.15, 0.2) is 6.29 Å².